The summed E-state index contributed by atoms with van der Waals surface area (Å²) in [5.41, 5.74) is 0. The molecule has 0 fully saturated rings. The molecule has 0 unspecified atom stereocenters. The van der Waals surface area contributed by atoms with E-state index < -0.39 is 0 Å². The van der Waals surface area contributed by atoms with Gasteiger partial charge >= 0.3 is 0 Å². The van der Waals surface area contributed by atoms with E-state index >= 15 is 0 Å². The van der Waals surface area contributed by atoms with Crippen LogP contribution in [0.15, 0.2) is 17.6 Å². The van der Waals surface area contributed by atoms with Crippen molar-refractivity contribution in [3.63, 3.8) is 0 Å². The molecule has 0 saturated heterocycles. The van der Waals surface area contributed by atoms with Crippen LogP contribution in [0.5, 0.6) is 0 Å². The van der Waals surface area contributed by atoms with Crippen LogP contribution < -0.4 is 0 Å². The van der Waals surface area contributed by atoms with Gasteiger partial charge in [-0.15, -0.1) is 0 Å². The number of thioether (sulfide) groups is 1. The first-order valence-electron chi connectivity index (χ1n) is 3.89. The van der Waals surface area contributed by atoms with E-state index in [9.17, 15) is 0 Å². The topological polar surface area (TPSA) is 41.6 Å². The molecule has 64 valence electrons. The minimum atomic E-state index is 0.585. The van der Waals surface area contributed by atoms with Crippen LogP contribution in [-0.2, 0) is 6.54 Å². The van der Waals surface area contributed by atoms with Crippen LogP contribution in [0.1, 0.15) is 13.3 Å². The average molecular weight is 181 g/mol. The zero-order valence-electron chi connectivity index (χ0n) is 7.03. The van der Waals surface area contributed by atoms with Gasteiger partial charge in [-0.05, 0) is 6.92 Å². The van der Waals surface area contributed by atoms with Crippen molar-refractivity contribution in [3.8, 4) is 6.07 Å². The molecule has 12 heavy (non-hydrogen) atoms. The Labute approximate surface area is 76.4 Å². The Morgan fingerprint density at radius 2 is 2.58 bits per heavy atom. The van der Waals surface area contributed by atoms with Gasteiger partial charge in [-0.25, -0.2) is 4.98 Å². The highest BCUT2D eigenvalue weighted by Crippen LogP contribution is 2.15. The van der Waals surface area contributed by atoms with E-state index in [0.717, 1.165) is 17.5 Å². The maximum absolute atomic E-state index is 8.33. The number of aryl methyl sites for hydroxylation is 1. The van der Waals surface area contributed by atoms with E-state index in [0.29, 0.717) is 6.42 Å². The third-order valence-corrected chi connectivity index (χ3v) is 2.47. The quantitative estimate of drug-likeness (QED) is 0.526. The lowest BCUT2D eigenvalue weighted by molar-refractivity contribution is 0.681. The zero-order valence-corrected chi connectivity index (χ0v) is 7.84. The van der Waals surface area contributed by atoms with Gasteiger partial charge in [0.15, 0.2) is 5.16 Å². The summed E-state index contributed by atoms with van der Waals surface area (Å²) in [6.45, 7) is 3.02. The van der Waals surface area contributed by atoms with E-state index in [1.807, 2.05) is 6.20 Å². The number of aromatic nitrogens is 2. The van der Waals surface area contributed by atoms with Crippen molar-refractivity contribution in [2.45, 2.75) is 25.0 Å². The molecule has 4 heteroatoms. The SMILES string of the molecule is CCn1ccnc1SCCC#N. The second-order valence-corrected chi connectivity index (χ2v) is 3.31. The van der Waals surface area contributed by atoms with Gasteiger partial charge < -0.3 is 4.57 Å². The number of rotatable bonds is 4. The maximum Gasteiger partial charge on any atom is 0.167 e. The molecule has 1 aromatic rings. The molecule has 1 heterocycles. The monoisotopic (exact) mass is 181 g/mol. The van der Waals surface area contributed by atoms with Crippen LogP contribution in [0.2, 0.25) is 0 Å². The van der Waals surface area contributed by atoms with Crippen LogP contribution in [0.25, 0.3) is 0 Å². The largest absolute Gasteiger partial charge is 0.326 e. The molecular weight excluding hydrogens is 170 g/mol. The Hall–Kier alpha value is -0.950. The lowest BCUT2D eigenvalue weighted by Crippen LogP contribution is -1.94. The summed E-state index contributed by atoms with van der Waals surface area (Å²) < 4.78 is 2.07. The molecular formula is C8H11N3S. The fourth-order valence-corrected chi connectivity index (χ4v) is 1.73. The lowest BCUT2D eigenvalue weighted by Gasteiger charge is -2.01. The van der Waals surface area contributed by atoms with Gasteiger partial charge in [0.25, 0.3) is 0 Å². The van der Waals surface area contributed by atoms with Crippen LogP contribution in [-0.4, -0.2) is 15.3 Å². The second-order valence-electron chi connectivity index (χ2n) is 2.25. The van der Waals surface area contributed by atoms with Crippen molar-refractivity contribution in [3.05, 3.63) is 12.4 Å². The van der Waals surface area contributed by atoms with Gasteiger partial charge in [-0.3, -0.25) is 0 Å². The first-order valence-corrected chi connectivity index (χ1v) is 4.88. The molecule has 1 aromatic heterocycles. The summed E-state index contributed by atoms with van der Waals surface area (Å²) in [4.78, 5) is 4.18. The third kappa shape index (κ3) is 2.28. The highest BCUT2D eigenvalue weighted by molar-refractivity contribution is 7.99. The van der Waals surface area contributed by atoms with E-state index in [-0.39, 0.29) is 0 Å². The average Bonchev–Trinajstić information content (AvgIpc) is 2.52. The van der Waals surface area contributed by atoms with E-state index in [2.05, 4.69) is 22.5 Å². The Morgan fingerprint density at radius 1 is 1.75 bits per heavy atom. The van der Waals surface area contributed by atoms with Gasteiger partial charge in [0.2, 0.25) is 0 Å². The summed E-state index contributed by atoms with van der Waals surface area (Å²) in [7, 11) is 0. The van der Waals surface area contributed by atoms with Crippen molar-refractivity contribution in [2.24, 2.45) is 0 Å². The summed E-state index contributed by atoms with van der Waals surface area (Å²) in [5, 5.41) is 9.34. The molecule has 0 N–H and O–H groups in total. The molecule has 0 spiro atoms. The standard InChI is InChI=1S/C8H11N3S/c1-2-11-6-5-10-8(11)12-7-3-4-9/h5-6H,2-3,7H2,1H3. The fraction of sp³-hybridized carbons (Fsp3) is 0.500. The van der Waals surface area contributed by atoms with Crippen molar-refractivity contribution in [1.29, 1.82) is 5.26 Å². The number of hydrogen-bond acceptors (Lipinski definition) is 3. The Bertz CT molecular complexity index is 274. The molecule has 1 rings (SSSR count). The Kier molecular flexibility index (Phi) is 3.68. The molecule has 0 aliphatic heterocycles. The molecule has 0 aliphatic rings. The molecule has 0 amide bonds. The van der Waals surface area contributed by atoms with Gasteiger partial charge in [-0.2, -0.15) is 5.26 Å². The maximum atomic E-state index is 8.33. The molecule has 0 aromatic carbocycles. The fourth-order valence-electron chi connectivity index (χ4n) is 0.864. The first kappa shape index (κ1) is 9.14. The molecule has 0 radical (unpaired) electrons. The number of nitriles is 1. The van der Waals surface area contributed by atoms with Gasteiger partial charge in [0, 0.05) is 31.1 Å². The van der Waals surface area contributed by atoms with Crippen molar-refractivity contribution < 1.29 is 0 Å². The van der Waals surface area contributed by atoms with E-state index in [1.165, 1.54) is 0 Å². The number of imidazole rings is 1. The Balaban J connectivity index is 2.46. The number of hydrogen-bond donors (Lipinski definition) is 0. The number of nitrogens with zero attached hydrogens (tertiary/aromatic N) is 3. The summed E-state index contributed by atoms with van der Waals surface area (Å²) in [5.74, 6) is 0.827. The molecule has 0 saturated carbocycles. The van der Waals surface area contributed by atoms with Gasteiger partial charge in [0.05, 0.1) is 6.07 Å². The second kappa shape index (κ2) is 4.83. The first-order chi connectivity index (χ1) is 5.88. The predicted molar refractivity (Wildman–Crippen MR) is 48.9 cm³/mol. The van der Waals surface area contributed by atoms with Crippen LogP contribution in [0.4, 0.5) is 0 Å². The normalized spacial score (nSPS) is 9.67. The summed E-state index contributed by atoms with van der Waals surface area (Å²) >= 11 is 1.63. The molecule has 0 aliphatic carbocycles. The van der Waals surface area contributed by atoms with Gasteiger partial charge in [-0.1, -0.05) is 11.8 Å². The molecule has 0 atom stereocenters. The molecule has 0 bridgehead atoms. The predicted octanol–water partition coefficient (Wildman–Crippen LogP) is 1.91. The summed E-state index contributed by atoms with van der Waals surface area (Å²) in [6.07, 6.45) is 4.33. The van der Waals surface area contributed by atoms with Gasteiger partial charge in [0.1, 0.15) is 0 Å². The minimum absolute atomic E-state index is 0.585. The minimum Gasteiger partial charge on any atom is -0.326 e. The lowest BCUT2D eigenvalue weighted by atomic mass is 10.6. The van der Waals surface area contributed by atoms with Crippen LogP contribution in [0, 0.1) is 11.3 Å². The zero-order chi connectivity index (χ0) is 8.81. The van der Waals surface area contributed by atoms with E-state index in [4.69, 9.17) is 5.26 Å². The summed E-state index contributed by atoms with van der Waals surface area (Å²) in [6, 6.07) is 2.11. The van der Waals surface area contributed by atoms with Crippen molar-refractivity contribution in [1.82, 2.24) is 9.55 Å². The van der Waals surface area contributed by atoms with Crippen molar-refractivity contribution >= 4 is 11.8 Å². The van der Waals surface area contributed by atoms with E-state index in [1.54, 1.807) is 18.0 Å². The molecule has 3 nitrogen and oxygen atoms in total. The Morgan fingerprint density at radius 3 is 3.25 bits per heavy atom. The van der Waals surface area contributed by atoms with Crippen LogP contribution in [0.3, 0.4) is 0 Å². The highest BCUT2D eigenvalue weighted by Gasteiger charge is 1.99. The smallest absolute Gasteiger partial charge is 0.167 e. The highest BCUT2D eigenvalue weighted by atomic mass is 32.2. The van der Waals surface area contributed by atoms with Crippen molar-refractivity contribution in [2.75, 3.05) is 5.75 Å². The van der Waals surface area contributed by atoms with Crippen LogP contribution >= 0.6 is 11.8 Å². The third-order valence-electron chi connectivity index (χ3n) is 1.46.